The number of carbonyl (C=O) groups is 9. The van der Waals surface area contributed by atoms with Gasteiger partial charge >= 0.3 is 54.6 Å². The van der Waals surface area contributed by atoms with Crippen LogP contribution in [0.5, 0.6) is 0 Å². The molecule has 1 N–H and O–H groups in total. The third-order valence-electron chi connectivity index (χ3n) is 22.4. The summed E-state index contributed by atoms with van der Waals surface area (Å²) >= 11 is 0. The Morgan fingerprint density at radius 3 is 1.06 bits per heavy atom. The molecule has 660 valence electrons. The summed E-state index contributed by atoms with van der Waals surface area (Å²) in [5.74, 6) is -1.11. The summed E-state index contributed by atoms with van der Waals surface area (Å²) in [5, 5.41) is 11.7. The van der Waals surface area contributed by atoms with Crippen molar-refractivity contribution in [2.45, 2.75) is 244 Å². The number of hydrogen-bond acceptors (Lipinski definition) is 22. The van der Waals surface area contributed by atoms with Crippen LogP contribution in [0.1, 0.15) is 257 Å². The van der Waals surface area contributed by atoms with Gasteiger partial charge in [0.1, 0.15) is 22.4 Å². The first kappa shape index (κ1) is 96.2. The molecule has 0 spiro atoms. The normalized spacial score (nSPS) is 16.1. The monoisotopic (exact) mass is 1690 g/mol. The zero-order valence-electron chi connectivity index (χ0n) is 74.5. The highest BCUT2D eigenvalue weighted by Gasteiger charge is 2.54. The van der Waals surface area contributed by atoms with Crippen LogP contribution in [0.3, 0.4) is 0 Å². The number of fused-ring (bicyclic) bond motifs is 2. The van der Waals surface area contributed by atoms with Gasteiger partial charge in [0.05, 0.1) is 121 Å². The molecule has 0 atom stereocenters. The van der Waals surface area contributed by atoms with Crippen LogP contribution in [-0.4, -0.2) is 188 Å². The van der Waals surface area contributed by atoms with Crippen molar-refractivity contribution < 1.29 is 95.5 Å². The van der Waals surface area contributed by atoms with Gasteiger partial charge in [-0.05, 0) is 230 Å². The van der Waals surface area contributed by atoms with E-state index in [-0.39, 0.29) is 82.5 Å². The van der Waals surface area contributed by atoms with Gasteiger partial charge in [-0.2, -0.15) is 29.4 Å². The molecule has 0 unspecified atom stereocenters. The summed E-state index contributed by atoms with van der Waals surface area (Å²) in [6.07, 6.45) is 13.3. The minimum atomic E-state index is -0.556. The lowest BCUT2D eigenvalue weighted by Crippen LogP contribution is -2.43. The van der Waals surface area contributed by atoms with Crippen molar-refractivity contribution in [1.82, 2.24) is 49.4 Å². The van der Waals surface area contributed by atoms with Gasteiger partial charge in [0.15, 0.2) is 0 Å². The molecule has 123 heavy (non-hydrogen) atoms. The second-order valence-electron chi connectivity index (χ2n) is 35.6. The summed E-state index contributed by atoms with van der Waals surface area (Å²) < 4.78 is 39.4. The second-order valence-corrected chi connectivity index (χ2v) is 35.6. The van der Waals surface area contributed by atoms with Crippen LogP contribution < -0.4 is 5.32 Å². The fourth-order valence-electron chi connectivity index (χ4n) is 14.8. The van der Waals surface area contributed by atoms with Crippen LogP contribution in [0.25, 0.3) is 0 Å². The summed E-state index contributed by atoms with van der Waals surface area (Å²) in [6.45, 7) is 29.2. The largest absolute Gasteiger partial charge is 0.465 e. The first-order valence-electron chi connectivity index (χ1n) is 41.1. The fraction of sp³-hybridized carbons (Fsp3) is 0.495. The number of rotatable bonds is 15. The van der Waals surface area contributed by atoms with Crippen molar-refractivity contribution in [1.29, 1.82) is 0 Å². The van der Waals surface area contributed by atoms with Gasteiger partial charge in [0, 0.05) is 34.2 Å². The SMILES string of the molecule is CCC1(c2ccc(C(=O)OC)cc2)CC1.CN(C(=O)c1cnn2c1CN(C(=O)OC(C)(C)C)CC2)C1(c2ccccc2)CC1.COC(=O)c1ccc(C2(N(C)C(=O)OC(C)(C)C)CC2)cc1.COC(=O)c1ccc(C2(NC(=O)OC(C)(C)C)CC2)cc1.Cc1ccc(C2(N(C)C(=O)c3cnn4c3CN(C(=O)OC(C)(C)C)CC4)CC2)cc1.O=C=O.O=C=O. The van der Waals surface area contributed by atoms with Crippen LogP contribution in [0.15, 0.2) is 140 Å². The zero-order valence-corrected chi connectivity index (χ0v) is 74.5. The lowest BCUT2D eigenvalue weighted by molar-refractivity contribution is -0.193. The average molecular weight is 1700 g/mol. The van der Waals surface area contributed by atoms with Gasteiger partial charge in [-0.15, -0.1) is 0 Å². The Balaban J connectivity index is 0.000000191. The molecule has 0 radical (unpaired) electrons. The standard InChI is InChI=1S/C23H30N4O3.C22H28N4O3.C17H23NO4.C16H21NO4.C13H16O2.2CO2/c1-16-6-8-17(9-7-16)23(10-11-23)25(5)20(28)18-14-24-27-13-12-26(15-19(18)27)21(29)30-22(2,3)4;1-21(2,3)29-20(28)25-12-13-26-18(15-25)17(14-23-26)19(27)24(4)22(10-11-22)16-8-6-5-7-9-16;1-16(2,3)22-15(20)18(4)17(10-11-17)13-8-6-12(7-9-13)14(19)21-5;1-15(2,3)21-14(19)17-16(9-10-16)12-7-5-11(6-8-12)13(18)20-4;1-3-13(8-9-13)11-6-4-10(5-7-11)12(14)15-2;2*2-1-3/h6-9,14H,10-13,15H2,1-5H3;5-9,14H,10-13,15H2,1-4H3;6-9H,10-11H2,1-5H3;5-8H,9-10H2,1-4H3,(H,17,19);4-7H,3,8-9H2,1-2H3;;. The minimum Gasteiger partial charge on any atom is -0.465 e. The Bertz CT molecular complexity index is 4930. The van der Waals surface area contributed by atoms with E-state index in [1.165, 1.54) is 57.3 Å². The molecule has 6 amide bonds. The van der Waals surface area contributed by atoms with Crippen LogP contribution in [0.4, 0.5) is 19.2 Å². The molecule has 14 rings (SSSR count). The topological polar surface area (TPSA) is 350 Å². The van der Waals surface area contributed by atoms with E-state index in [2.05, 4.69) is 87.4 Å². The molecule has 5 fully saturated rings. The molecular weight excluding hydrogens is 1580 g/mol. The number of amides is 6. The maximum Gasteiger partial charge on any atom is 0.410 e. The molecule has 7 aliphatic rings. The van der Waals surface area contributed by atoms with E-state index in [1.54, 1.807) is 58.4 Å². The number of benzene rings is 5. The van der Waals surface area contributed by atoms with E-state index in [0.29, 0.717) is 72.5 Å². The lowest BCUT2D eigenvalue weighted by Gasteiger charge is -2.32. The van der Waals surface area contributed by atoms with E-state index in [1.807, 2.05) is 171 Å². The highest BCUT2D eigenvalue weighted by atomic mass is 16.6. The van der Waals surface area contributed by atoms with Crippen molar-refractivity contribution in [3.63, 3.8) is 0 Å². The predicted molar refractivity (Wildman–Crippen MR) is 451 cm³/mol. The van der Waals surface area contributed by atoms with E-state index in [4.69, 9.17) is 42.9 Å². The van der Waals surface area contributed by atoms with E-state index in [0.717, 1.165) is 79.4 Å². The van der Waals surface area contributed by atoms with Crippen LogP contribution >= 0.6 is 0 Å². The van der Waals surface area contributed by atoms with Crippen molar-refractivity contribution in [2.24, 2.45) is 0 Å². The smallest absolute Gasteiger partial charge is 0.410 e. The molecule has 5 saturated carbocycles. The molecule has 2 aromatic heterocycles. The molecule has 2 aliphatic heterocycles. The highest BCUT2D eigenvalue weighted by molar-refractivity contribution is 5.97. The first-order chi connectivity index (χ1) is 57.8. The molecule has 0 saturated heterocycles. The highest BCUT2D eigenvalue weighted by Crippen LogP contribution is 2.54. The molecule has 0 bridgehead atoms. The molecule has 30 nitrogen and oxygen atoms in total. The summed E-state index contributed by atoms with van der Waals surface area (Å²) in [5.41, 5.74) is 8.24. The molecule has 30 heteroatoms. The number of nitrogens with zero attached hydrogens (tertiary/aromatic N) is 9. The maximum atomic E-state index is 13.4. The molecular formula is C93H118N10O20. The van der Waals surface area contributed by atoms with Crippen LogP contribution in [0, 0.1) is 6.92 Å². The summed E-state index contributed by atoms with van der Waals surface area (Å²) in [6, 6.07) is 40.7. The summed E-state index contributed by atoms with van der Waals surface area (Å²) in [4.78, 5) is 151. The number of ether oxygens (including phenoxy) is 7. The number of hydrogen-bond donors (Lipinski definition) is 1. The van der Waals surface area contributed by atoms with E-state index < -0.39 is 28.5 Å². The number of carbonyl (C=O) groups excluding carboxylic acids is 13. The van der Waals surface area contributed by atoms with Crippen molar-refractivity contribution in [2.75, 3.05) is 55.6 Å². The molecule has 5 aromatic carbocycles. The Morgan fingerprint density at radius 1 is 0.415 bits per heavy atom. The third-order valence-corrected chi connectivity index (χ3v) is 22.4. The van der Waals surface area contributed by atoms with E-state index >= 15 is 0 Å². The Labute approximate surface area is 719 Å². The Kier molecular flexibility index (Phi) is 31.0. The van der Waals surface area contributed by atoms with Gasteiger partial charge in [-0.1, -0.05) is 103 Å². The van der Waals surface area contributed by atoms with Crippen molar-refractivity contribution in [3.8, 4) is 0 Å². The Hall–Kier alpha value is -12.3. The quantitative estimate of drug-likeness (QED) is 0.0736. The number of alkyl carbamates (subject to hydrolysis) is 1. The lowest BCUT2D eigenvalue weighted by atomic mass is 9.92. The van der Waals surface area contributed by atoms with Gasteiger partial charge in [0.25, 0.3) is 11.8 Å². The number of aryl methyl sites for hydroxylation is 1. The zero-order chi connectivity index (χ0) is 91.0. The second kappa shape index (κ2) is 39.7. The van der Waals surface area contributed by atoms with E-state index in [9.17, 15) is 43.2 Å². The molecule has 5 aliphatic carbocycles. The number of methoxy groups -OCH3 is 3. The average Bonchev–Trinajstić information content (AvgIpc) is 1.53. The minimum absolute atomic E-state index is 0.0552. The van der Waals surface area contributed by atoms with Crippen molar-refractivity contribution >= 4 is 66.4 Å². The van der Waals surface area contributed by atoms with Gasteiger partial charge in [-0.25, -0.2) is 33.6 Å². The van der Waals surface area contributed by atoms with Gasteiger partial charge in [0.2, 0.25) is 0 Å². The fourth-order valence-corrected chi connectivity index (χ4v) is 14.8. The number of esters is 3. The molecule has 7 aromatic rings. The van der Waals surface area contributed by atoms with Crippen LogP contribution in [0.2, 0.25) is 0 Å². The van der Waals surface area contributed by atoms with Gasteiger partial charge < -0.3 is 63.0 Å². The van der Waals surface area contributed by atoms with Crippen LogP contribution in [-0.2, 0) is 106 Å². The van der Waals surface area contributed by atoms with Gasteiger partial charge in [-0.3, -0.25) is 19.0 Å². The number of aromatic nitrogens is 4. The Morgan fingerprint density at radius 2 is 0.740 bits per heavy atom. The predicted octanol–water partition coefficient (Wildman–Crippen LogP) is 15.2. The summed E-state index contributed by atoms with van der Waals surface area (Å²) in [7, 11) is 9.60. The molecule has 4 heterocycles. The maximum absolute atomic E-state index is 13.4. The van der Waals surface area contributed by atoms with Crippen molar-refractivity contribution in [3.05, 3.63) is 212 Å². The first-order valence-corrected chi connectivity index (χ1v) is 41.1. The number of nitrogens with one attached hydrogen (secondary N) is 1. The third kappa shape index (κ3) is 24.8.